The summed E-state index contributed by atoms with van der Waals surface area (Å²) < 4.78 is 8.25. The molecule has 18 valence electrons. The smallest absolute Gasteiger partial charge is 0 e. The fourth-order valence-electron chi connectivity index (χ4n) is 0. The third-order valence-corrected chi connectivity index (χ3v) is 0. The molecule has 8 radical (unpaired) electrons. The van der Waals surface area contributed by atoms with E-state index in [9.17, 15) is 0 Å². The van der Waals surface area contributed by atoms with Gasteiger partial charge in [-0.3, -0.25) is 0 Å². The average molecular weight is 339 g/mol. The number of hydrogen-bond donors (Lipinski definition) is 0. The molecule has 0 amide bonds. The van der Waals surface area contributed by atoms with Gasteiger partial charge in [-0.25, -0.2) is 0 Å². The summed E-state index contributed by atoms with van der Waals surface area (Å²) in [6.45, 7) is 0. The van der Waals surface area contributed by atoms with Gasteiger partial charge in [0.15, 0.2) is 0 Å². The van der Waals surface area contributed by atoms with Gasteiger partial charge < -0.3 is 0 Å². The van der Waals surface area contributed by atoms with Gasteiger partial charge in [0.2, 0.25) is 0 Å². The molecule has 0 heterocycles. The van der Waals surface area contributed by atoms with E-state index in [1.165, 1.54) is 0 Å². The molecule has 0 N–H and O–H groups in total. The first-order chi connectivity index (χ1) is 1.00. The molecule has 0 bridgehead atoms. The van der Waals surface area contributed by atoms with Crippen LogP contribution in [-0.2, 0) is 23.3 Å². The van der Waals surface area contributed by atoms with Crippen LogP contribution in [-0.4, -0.2) is 62.1 Å². The summed E-state index contributed by atoms with van der Waals surface area (Å²) in [6, 6.07) is 0. The topological polar surface area (TPSA) is 17.1 Å². The van der Waals surface area contributed by atoms with Gasteiger partial charge in [0, 0.05) is 65.1 Å². The summed E-state index contributed by atoms with van der Waals surface area (Å²) in [5.41, 5.74) is 0. The van der Waals surface area contributed by atoms with Crippen LogP contribution >= 0.6 is 0 Å². The van der Waals surface area contributed by atoms with Crippen molar-refractivity contribution in [2.75, 3.05) is 0 Å². The van der Waals surface area contributed by atoms with Gasteiger partial charge in [0.1, 0.15) is 0 Å². The third-order valence-electron chi connectivity index (χ3n) is 0. The molecule has 0 aromatic carbocycles. The molecule has 0 atom stereocenters. The Bertz CT molecular complexity index is 11.6. The molecule has 0 fully saturated rings. The minimum Gasteiger partial charge on any atom is 0 e. The molecule has 0 saturated carbocycles. The minimum absolute atomic E-state index is 0. The Balaban J connectivity index is -0.00000000167. The van der Waals surface area contributed by atoms with E-state index in [2.05, 4.69) is 0 Å². The summed E-state index contributed by atoms with van der Waals surface area (Å²) in [6.07, 6.45) is 0. The molecule has 0 aliphatic rings. The third kappa shape index (κ3) is 21.2. The van der Waals surface area contributed by atoms with Gasteiger partial charge in [-0.15, -0.1) is 0 Å². The summed E-state index contributed by atoms with van der Waals surface area (Å²) in [5.74, 6) is 0. The van der Waals surface area contributed by atoms with Crippen LogP contribution in [0.25, 0.3) is 0 Å². The maximum absolute atomic E-state index is 8.25. The molecule has 0 aromatic rings. The van der Waals surface area contributed by atoms with Crippen LogP contribution in [0.5, 0.6) is 0 Å². The SMILES string of the molecule is [Ga].[In].[O]=[Ge].[Zn]. The number of hydrogen-bond acceptors (Lipinski definition) is 1. The van der Waals surface area contributed by atoms with E-state index >= 15 is 0 Å². The summed E-state index contributed by atoms with van der Waals surface area (Å²) in [7, 11) is 0. The molecule has 0 spiro atoms. The van der Waals surface area contributed by atoms with E-state index < -0.39 is 0 Å². The van der Waals surface area contributed by atoms with Crippen LogP contribution in [0.2, 0.25) is 0 Å². The maximum atomic E-state index is 8.25. The van der Waals surface area contributed by atoms with Crippen LogP contribution in [0.3, 0.4) is 0 Å². The molecule has 5 heavy (non-hydrogen) atoms. The second kappa shape index (κ2) is 31.7. The molecule has 0 aliphatic heterocycles. The van der Waals surface area contributed by atoms with Gasteiger partial charge in [0.25, 0.3) is 0 Å². The standard InChI is InChI=1S/Ga.GeO.In.Zn/c;1-2;;. The molecule has 5 heteroatoms. The van der Waals surface area contributed by atoms with Gasteiger partial charge in [-0.2, -0.15) is 0 Å². The van der Waals surface area contributed by atoms with Crippen molar-refractivity contribution in [3.63, 3.8) is 0 Å². The van der Waals surface area contributed by atoms with Crippen LogP contribution in [0, 0.1) is 0 Å². The summed E-state index contributed by atoms with van der Waals surface area (Å²) in [5, 5.41) is 0. The second-order valence-corrected chi connectivity index (χ2v) is 0. The fourth-order valence-corrected chi connectivity index (χ4v) is 0. The van der Waals surface area contributed by atoms with Gasteiger partial charge >= 0.3 is 20.2 Å². The molecule has 0 unspecified atom stereocenters. The predicted molar refractivity (Wildman–Crippen MR) is 17.9 cm³/mol. The van der Waals surface area contributed by atoms with E-state index in [0.717, 1.165) is 16.5 Å². The van der Waals surface area contributed by atoms with Crippen molar-refractivity contribution in [1.82, 2.24) is 0 Å². The largest absolute Gasteiger partial charge is 0 e. The number of rotatable bonds is 0. The van der Waals surface area contributed by atoms with Crippen LogP contribution in [0.15, 0.2) is 0 Å². The summed E-state index contributed by atoms with van der Waals surface area (Å²) in [4.78, 5) is 0. The van der Waals surface area contributed by atoms with Crippen molar-refractivity contribution in [1.29, 1.82) is 0 Å². The van der Waals surface area contributed by atoms with Crippen molar-refractivity contribution in [3.8, 4) is 0 Å². The van der Waals surface area contributed by atoms with Crippen molar-refractivity contribution in [2.45, 2.75) is 0 Å². The molecule has 0 rings (SSSR count). The van der Waals surface area contributed by atoms with Gasteiger partial charge in [-0.1, -0.05) is 0 Å². The quantitative estimate of drug-likeness (QED) is 0.504. The fraction of sp³-hybridized carbons (Fsp3) is 0. The van der Waals surface area contributed by atoms with E-state index in [1.807, 2.05) is 0 Å². The average Bonchev–Trinajstić information content (AvgIpc) is 1.00. The Labute approximate surface area is 84.1 Å². The predicted octanol–water partition coefficient (Wildman–Crippen LogP) is -1.26. The Hall–Kier alpha value is 2.47. The maximum Gasteiger partial charge on any atom is 0 e. The summed E-state index contributed by atoms with van der Waals surface area (Å²) >= 11 is 0.750. The zero-order valence-corrected chi connectivity index (χ0v) is 13.6. The minimum atomic E-state index is 0. The molecular weight excluding hydrogens is 339 g/mol. The van der Waals surface area contributed by atoms with Crippen LogP contribution in [0.1, 0.15) is 0 Å². The Morgan fingerprint density at radius 1 is 1.20 bits per heavy atom. The van der Waals surface area contributed by atoms with E-state index in [1.54, 1.807) is 0 Å². The van der Waals surface area contributed by atoms with Crippen molar-refractivity contribution in [3.05, 3.63) is 0 Å². The molecule has 0 saturated heterocycles. The molecule has 1 nitrogen and oxygen atoms in total. The van der Waals surface area contributed by atoms with Crippen LogP contribution < -0.4 is 0 Å². The van der Waals surface area contributed by atoms with Crippen molar-refractivity contribution >= 4 is 62.1 Å². The normalized spacial score (nSPS) is 0.800. The van der Waals surface area contributed by atoms with E-state index in [0.29, 0.717) is 0 Å². The Morgan fingerprint density at radius 2 is 1.20 bits per heavy atom. The van der Waals surface area contributed by atoms with Crippen LogP contribution in [0.4, 0.5) is 0 Å². The first-order valence-corrected chi connectivity index (χ1v) is 1.06. The van der Waals surface area contributed by atoms with Crippen molar-refractivity contribution in [2.24, 2.45) is 0 Å². The monoisotopic (exact) mass is 338 g/mol. The first-order valence-electron chi connectivity index (χ1n) is 0.204. The molecule has 0 aromatic heterocycles. The zero-order valence-electron chi connectivity index (χ0n) is 2.77. The van der Waals surface area contributed by atoms with Crippen molar-refractivity contribution < 1.29 is 23.3 Å². The van der Waals surface area contributed by atoms with E-state index in [4.69, 9.17) is 3.78 Å². The molecular formula is GaGeInOZn. The zero-order chi connectivity index (χ0) is 2.00. The second-order valence-electron chi connectivity index (χ2n) is 0. The van der Waals surface area contributed by atoms with E-state index in [-0.39, 0.29) is 65.1 Å². The van der Waals surface area contributed by atoms with Gasteiger partial charge in [0.05, 0.1) is 0 Å². The Kier molecular flexibility index (Phi) is 165. The van der Waals surface area contributed by atoms with Gasteiger partial charge in [-0.05, 0) is 0 Å². The Morgan fingerprint density at radius 3 is 1.20 bits per heavy atom. The first kappa shape index (κ1) is 26.0. The molecule has 0 aliphatic carbocycles.